The van der Waals surface area contributed by atoms with E-state index in [1.807, 2.05) is 0 Å². The van der Waals surface area contributed by atoms with Crippen LogP contribution in [0.2, 0.25) is 5.02 Å². The van der Waals surface area contributed by atoms with Crippen molar-refractivity contribution in [2.24, 2.45) is 0 Å². The summed E-state index contributed by atoms with van der Waals surface area (Å²) in [5.41, 5.74) is -0.0524. The average Bonchev–Trinajstić information content (AvgIpc) is 3.30. The average molecular weight is 465 g/mol. The lowest BCUT2D eigenvalue weighted by Gasteiger charge is -2.17. The van der Waals surface area contributed by atoms with E-state index < -0.39 is 44.4 Å². The summed E-state index contributed by atoms with van der Waals surface area (Å²) in [7, 11) is -6.97. The first kappa shape index (κ1) is 22.0. The Kier molecular flexibility index (Phi) is 6.51. The zero-order valence-corrected chi connectivity index (χ0v) is 17.9. The SMILES string of the molecule is O=C(COC(=O)c1ccc(Cl)c(S(=O)(=O)N2CCCC2)c1)NC1CCS(=O)(=O)C1. The van der Waals surface area contributed by atoms with Crippen LogP contribution in [0.25, 0.3) is 0 Å². The number of benzene rings is 1. The maximum atomic E-state index is 12.7. The van der Waals surface area contributed by atoms with Crippen LogP contribution in [0.5, 0.6) is 0 Å². The van der Waals surface area contributed by atoms with Gasteiger partial charge in [-0.1, -0.05) is 11.6 Å². The molecule has 2 saturated heterocycles. The van der Waals surface area contributed by atoms with Crippen molar-refractivity contribution < 1.29 is 31.2 Å². The molecule has 0 radical (unpaired) electrons. The van der Waals surface area contributed by atoms with E-state index in [0.29, 0.717) is 19.5 Å². The molecule has 0 bridgehead atoms. The smallest absolute Gasteiger partial charge is 0.338 e. The van der Waals surface area contributed by atoms with E-state index in [1.165, 1.54) is 16.4 Å². The lowest BCUT2D eigenvalue weighted by molar-refractivity contribution is -0.124. The van der Waals surface area contributed by atoms with Gasteiger partial charge in [0.1, 0.15) is 4.90 Å². The van der Waals surface area contributed by atoms with E-state index >= 15 is 0 Å². The highest BCUT2D eigenvalue weighted by Gasteiger charge is 2.31. The molecule has 1 amide bonds. The summed E-state index contributed by atoms with van der Waals surface area (Å²) < 4.78 is 54.5. The van der Waals surface area contributed by atoms with Gasteiger partial charge in [0.15, 0.2) is 16.4 Å². The van der Waals surface area contributed by atoms with Crippen molar-refractivity contribution in [1.29, 1.82) is 0 Å². The highest BCUT2D eigenvalue weighted by Crippen LogP contribution is 2.28. The summed E-state index contributed by atoms with van der Waals surface area (Å²) in [4.78, 5) is 24.0. The molecular formula is C17H21ClN2O7S2. The van der Waals surface area contributed by atoms with Crippen molar-refractivity contribution >= 4 is 43.3 Å². The number of esters is 1. The van der Waals surface area contributed by atoms with E-state index in [9.17, 15) is 26.4 Å². The number of rotatable bonds is 6. The molecule has 0 saturated carbocycles. The first-order valence-electron chi connectivity index (χ1n) is 9.05. The van der Waals surface area contributed by atoms with Crippen molar-refractivity contribution in [3.05, 3.63) is 28.8 Å². The third-order valence-electron chi connectivity index (χ3n) is 4.78. The number of amides is 1. The van der Waals surface area contributed by atoms with Crippen molar-refractivity contribution in [3.63, 3.8) is 0 Å². The fourth-order valence-electron chi connectivity index (χ4n) is 3.29. The molecule has 1 N–H and O–H groups in total. The molecule has 2 fully saturated rings. The van der Waals surface area contributed by atoms with Gasteiger partial charge in [-0.25, -0.2) is 21.6 Å². The summed E-state index contributed by atoms with van der Waals surface area (Å²) in [6, 6.07) is 3.25. The van der Waals surface area contributed by atoms with Gasteiger partial charge in [-0.15, -0.1) is 0 Å². The van der Waals surface area contributed by atoms with Gasteiger partial charge in [-0.05, 0) is 37.5 Å². The van der Waals surface area contributed by atoms with Gasteiger partial charge in [-0.2, -0.15) is 4.31 Å². The van der Waals surface area contributed by atoms with Gasteiger partial charge in [-0.3, -0.25) is 4.79 Å². The molecule has 2 aliphatic rings. The second-order valence-electron chi connectivity index (χ2n) is 7.00. The lowest BCUT2D eigenvalue weighted by atomic mass is 10.2. The van der Waals surface area contributed by atoms with Crippen LogP contribution in [0.4, 0.5) is 0 Å². The van der Waals surface area contributed by atoms with E-state index in [4.69, 9.17) is 16.3 Å². The molecule has 12 heteroatoms. The van der Waals surface area contributed by atoms with Crippen LogP contribution in [-0.4, -0.2) is 70.3 Å². The van der Waals surface area contributed by atoms with Gasteiger partial charge >= 0.3 is 5.97 Å². The molecule has 1 unspecified atom stereocenters. The van der Waals surface area contributed by atoms with Crippen LogP contribution >= 0.6 is 11.6 Å². The third kappa shape index (κ3) is 5.27. The molecule has 1 aromatic rings. The van der Waals surface area contributed by atoms with Crippen LogP contribution in [-0.2, 0) is 29.4 Å². The van der Waals surface area contributed by atoms with E-state index in [2.05, 4.69) is 5.32 Å². The molecule has 1 aromatic carbocycles. The number of ether oxygens (including phenoxy) is 1. The van der Waals surface area contributed by atoms with Crippen LogP contribution in [0, 0.1) is 0 Å². The Bertz CT molecular complexity index is 1020. The molecule has 0 spiro atoms. The van der Waals surface area contributed by atoms with Crippen LogP contribution in [0.15, 0.2) is 23.1 Å². The van der Waals surface area contributed by atoms with E-state index in [0.717, 1.165) is 18.9 Å². The predicted molar refractivity (Wildman–Crippen MR) is 105 cm³/mol. The van der Waals surface area contributed by atoms with Crippen LogP contribution in [0.1, 0.15) is 29.6 Å². The normalized spacial score (nSPS) is 21.8. The van der Waals surface area contributed by atoms with E-state index in [-0.39, 0.29) is 27.0 Å². The molecule has 3 rings (SSSR count). The maximum Gasteiger partial charge on any atom is 0.338 e. The predicted octanol–water partition coefficient (Wildman–Crippen LogP) is 0.585. The minimum Gasteiger partial charge on any atom is -0.452 e. The Labute approximate surface area is 174 Å². The molecule has 2 heterocycles. The zero-order valence-electron chi connectivity index (χ0n) is 15.5. The summed E-state index contributed by atoms with van der Waals surface area (Å²) in [6.45, 7) is 0.182. The van der Waals surface area contributed by atoms with Crippen LogP contribution < -0.4 is 5.32 Å². The number of carbonyl (C=O) groups excluding carboxylic acids is 2. The Morgan fingerprint density at radius 3 is 2.55 bits per heavy atom. The number of nitrogens with one attached hydrogen (secondary N) is 1. The molecule has 29 heavy (non-hydrogen) atoms. The Hall–Kier alpha value is -1.69. The molecular weight excluding hydrogens is 444 g/mol. The van der Waals surface area contributed by atoms with Gasteiger partial charge < -0.3 is 10.1 Å². The van der Waals surface area contributed by atoms with Gasteiger partial charge in [0, 0.05) is 19.1 Å². The molecule has 1 atom stereocenters. The number of carbonyl (C=O) groups is 2. The summed E-state index contributed by atoms with van der Waals surface area (Å²) in [6.07, 6.45) is 1.84. The fraction of sp³-hybridized carbons (Fsp3) is 0.529. The molecule has 9 nitrogen and oxygen atoms in total. The topological polar surface area (TPSA) is 127 Å². The van der Waals surface area contributed by atoms with E-state index in [1.54, 1.807) is 0 Å². The standard InChI is InChI=1S/C17H21ClN2O7S2/c18-14-4-3-12(9-15(14)29(25,26)20-6-1-2-7-20)17(22)27-10-16(21)19-13-5-8-28(23,24)11-13/h3-4,9,13H,1-2,5-8,10-11H2,(H,19,21). The van der Waals surface area contributed by atoms with Crippen molar-refractivity contribution in [2.75, 3.05) is 31.2 Å². The third-order valence-corrected chi connectivity index (χ3v) is 8.93. The second-order valence-corrected chi connectivity index (χ2v) is 11.5. The highest BCUT2D eigenvalue weighted by atomic mass is 35.5. The van der Waals surface area contributed by atoms with Gasteiger partial charge in [0.2, 0.25) is 10.0 Å². The number of sulfonamides is 1. The lowest BCUT2D eigenvalue weighted by Crippen LogP contribution is -2.38. The first-order chi connectivity index (χ1) is 13.6. The van der Waals surface area contributed by atoms with Gasteiger partial charge in [0.05, 0.1) is 22.1 Å². The highest BCUT2D eigenvalue weighted by molar-refractivity contribution is 7.91. The van der Waals surface area contributed by atoms with Crippen LogP contribution in [0.3, 0.4) is 0 Å². The number of hydrogen-bond acceptors (Lipinski definition) is 7. The summed E-state index contributed by atoms with van der Waals surface area (Å²) >= 11 is 6.04. The quantitative estimate of drug-likeness (QED) is 0.610. The van der Waals surface area contributed by atoms with Gasteiger partial charge in [0.25, 0.3) is 5.91 Å². The minimum atomic E-state index is -3.83. The largest absolute Gasteiger partial charge is 0.452 e. The molecule has 0 aromatic heterocycles. The Balaban J connectivity index is 1.63. The molecule has 0 aliphatic carbocycles. The monoisotopic (exact) mass is 464 g/mol. The zero-order chi connectivity index (χ0) is 21.2. The summed E-state index contributed by atoms with van der Waals surface area (Å²) in [5.74, 6) is -1.63. The van der Waals surface area contributed by atoms with Crippen molar-refractivity contribution in [3.8, 4) is 0 Å². The molecule has 2 aliphatic heterocycles. The number of sulfone groups is 1. The van der Waals surface area contributed by atoms with Crippen molar-refractivity contribution in [1.82, 2.24) is 9.62 Å². The van der Waals surface area contributed by atoms with Crippen molar-refractivity contribution in [2.45, 2.75) is 30.2 Å². The Morgan fingerprint density at radius 1 is 1.24 bits per heavy atom. The minimum absolute atomic E-state index is 0.00589. The summed E-state index contributed by atoms with van der Waals surface area (Å²) in [5, 5.41) is 2.50. The fourth-order valence-corrected chi connectivity index (χ4v) is 6.98. The second kappa shape index (κ2) is 8.58. The number of halogens is 1. The maximum absolute atomic E-state index is 12.7. The first-order valence-corrected chi connectivity index (χ1v) is 12.7. The Morgan fingerprint density at radius 2 is 1.93 bits per heavy atom. The molecule has 160 valence electrons. The number of hydrogen-bond donors (Lipinski definition) is 1. The number of nitrogens with zero attached hydrogens (tertiary/aromatic N) is 1.